The molecule has 2 aliphatic rings. The third-order valence-electron chi connectivity index (χ3n) is 4.53. The number of ether oxygens (including phenoxy) is 1. The second-order valence-electron chi connectivity index (χ2n) is 6.55. The van der Waals surface area contributed by atoms with Gasteiger partial charge in [0.1, 0.15) is 17.5 Å². The van der Waals surface area contributed by atoms with Crippen molar-refractivity contribution in [3.8, 4) is 0 Å². The number of rotatable bonds is 4. The zero-order valence-electron chi connectivity index (χ0n) is 13.8. The van der Waals surface area contributed by atoms with Crippen molar-refractivity contribution in [1.29, 1.82) is 0 Å². The van der Waals surface area contributed by atoms with E-state index in [0.29, 0.717) is 31.3 Å². The molecule has 1 aliphatic heterocycles. The van der Waals surface area contributed by atoms with E-state index in [1.54, 1.807) is 4.90 Å². The minimum absolute atomic E-state index is 0.0456. The first kappa shape index (κ1) is 15.9. The molecule has 2 N–H and O–H groups in total. The zero-order chi connectivity index (χ0) is 16.6. The number of aromatic amines is 1. The fraction of sp³-hybridized carbons (Fsp3) is 0.733. The third kappa shape index (κ3) is 3.21. The average molecular weight is 321 g/mol. The Bertz CT molecular complexity index is 612. The van der Waals surface area contributed by atoms with Gasteiger partial charge in [-0.25, -0.2) is 4.98 Å². The molecule has 0 spiro atoms. The van der Waals surface area contributed by atoms with Gasteiger partial charge in [0.05, 0.1) is 13.2 Å². The molecule has 1 aromatic heterocycles. The van der Waals surface area contributed by atoms with Gasteiger partial charge in [-0.2, -0.15) is 5.10 Å². The summed E-state index contributed by atoms with van der Waals surface area (Å²) in [5.41, 5.74) is -0.831. The maximum atomic E-state index is 13.0. The lowest BCUT2D eigenvalue weighted by Crippen LogP contribution is -2.60. The Balaban J connectivity index is 1.74. The molecular weight excluding hydrogens is 298 g/mol. The molecule has 2 heterocycles. The molecule has 8 nitrogen and oxygen atoms in total. The smallest absolute Gasteiger partial charge is 0.248 e. The monoisotopic (exact) mass is 321 g/mol. The Hall–Kier alpha value is -1.96. The molecule has 0 radical (unpaired) electrons. The van der Waals surface area contributed by atoms with E-state index in [1.165, 1.54) is 6.92 Å². The number of hydrogen-bond acceptors (Lipinski definition) is 5. The molecule has 2 atom stereocenters. The number of amides is 2. The Morgan fingerprint density at radius 3 is 2.74 bits per heavy atom. The summed E-state index contributed by atoms with van der Waals surface area (Å²) < 4.78 is 5.70. The minimum atomic E-state index is -0.831. The summed E-state index contributed by atoms with van der Waals surface area (Å²) in [7, 11) is 0. The second-order valence-corrected chi connectivity index (χ2v) is 6.55. The molecule has 0 bridgehead atoms. The molecule has 8 heteroatoms. The van der Waals surface area contributed by atoms with E-state index < -0.39 is 5.54 Å². The van der Waals surface area contributed by atoms with Gasteiger partial charge in [-0.1, -0.05) is 0 Å². The van der Waals surface area contributed by atoms with Crippen molar-refractivity contribution in [3.63, 3.8) is 0 Å². The van der Waals surface area contributed by atoms with Gasteiger partial charge in [0, 0.05) is 13.5 Å². The SMILES string of the molecule is CC(=O)NC(C)(C(=O)N1CCOC(c2n[nH]c(C)n2)C1)C1CC1. The lowest BCUT2D eigenvalue weighted by molar-refractivity contribution is -0.149. The van der Waals surface area contributed by atoms with Crippen LogP contribution in [0.3, 0.4) is 0 Å². The Labute approximate surface area is 135 Å². The number of nitrogens with one attached hydrogen (secondary N) is 2. The van der Waals surface area contributed by atoms with E-state index in [-0.39, 0.29) is 23.8 Å². The number of carbonyl (C=O) groups is 2. The van der Waals surface area contributed by atoms with E-state index >= 15 is 0 Å². The maximum absolute atomic E-state index is 13.0. The number of nitrogens with zero attached hydrogens (tertiary/aromatic N) is 3. The van der Waals surface area contributed by atoms with Gasteiger partial charge in [-0.3, -0.25) is 14.7 Å². The van der Waals surface area contributed by atoms with Crippen LogP contribution in [0.4, 0.5) is 0 Å². The number of H-pyrrole nitrogens is 1. The predicted octanol–water partition coefficient (Wildman–Crippen LogP) is 0.318. The third-order valence-corrected chi connectivity index (χ3v) is 4.53. The van der Waals surface area contributed by atoms with E-state index in [0.717, 1.165) is 12.8 Å². The number of aryl methyl sites for hydroxylation is 1. The predicted molar refractivity (Wildman–Crippen MR) is 81.3 cm³/mol. The molecule has 1 saturated heterocycles. The van der Waals surface area contributed by atoms with Crippen molar-refractivity contribution in [2.24, 2.45) is 5.92 Å². The molecule has 1 saturated carbocycles. The fourth-order valence-electron chi connectivity index (χ4n) is 3.18. The van der Waals surface area contributed by atoms with Crippen molar-refractivity contribution in [1.82, 2.24) is 25.4 Å². The zero-order valence-corrected chi connectivity index (χ0v) is 13.8. The standard InChI is InChI=1S/C15H23N5O3/c1-9-16-13(19-18-9)12-8-20(6-7-23-12)14(22)15(3,11-4-5-11)17-10(2)21/h11-12H,4-8H2,1-3H3,(H,17,21)(H,16,18,19). The van der Waals surface area contributed by atoms with E-state index in [4.69, 9.17) is 4.74 Å². The largest absolute Gasteiger partial charge is 0.366 e. The average Bonchev–Trinajstić information content (AvgIpc) is 3.28. The van der Waals surface area contributed by atoms with Gasteiger partial charge in [0.25, 0.3) is 0 Å². The number of hydrogen-bond donors (Lipinski definition) is 2. The highest BCUT2D eigenvalue weighted by molar-refractivity contribution is 5.91. The molecule has 1 aliphatic carbocycles. The van der Waals surface area contributed by atoms with Crippen molar-refractivity contribution >= 4 is 11.8 Å². The van der Waals surface area contributed by atoms with Crippen LogP contribution in [0.1, 0.15) is 44.4 Å². The summed E-state index contributed by atoms with van der Waals surface area (Å²) in [5.74, 6) is 1.27. The van der Waals surface area contributed by atoms with E-state index in [9.17, 15) is 9.59 Å². The lowest BCUT2D eigenvalue weighted by atomic mass is 9.93. The van der Waals surface area contributed by atoms with E-state index in [2.05, 4.69) is 20.5 Å². The van der Waals surface area contributed by atoms with Crippen LogP contribution in [0.2, 0.25) is 0 Å². The van der Waals surface area contributed by atoms with Gasteiger partial charge in [-0.15, -0.1) is 0 Å². The summed E-state index contributed by atoms with van der Waals surface area (Å²) in [5, 5.41) is 9.78. The first-order valence-corrected chi connectivity index (χ1v) is 7.99. The second kappa shape index (κ2) is 5.92. The van der Waals surface area contributed by atoms with Crippen molar-refractivity contribution in [2.75, 3.05) is 19.7 Å². The lowest BCUT2D eigenvalue weighted by Gasteiger charge is -2.38. The van der Waals surface area contributed by atoms with Crippen LogP contribution < -0.4 is 5.32 Å². The van der Waals surface area contributed by atoms with Crippen LogP contribution >= 0.6 is 0 Å². The molecule has 23 heavy (non-hydrogen) atoms. The molecule has 126 valence electrons. The Morgan fingerprint density at radius 2 is 2.17 bits per heavy atom. The topological polar surface area (TPSA) is 100 Å². The van der Waals surface area contributed by atoms with Gasteiger partial charge in [0.15, 0.2) is 5.82 Å². The maximum Gasteiger partial charge on any atom is 0.248 e. The van der Waals surface area contributed by atoms with Crippen LogP contribution in [0.15, 0.2) is 0 Å². The number of carbonyl (C=O) groups excluding carboxylic acids is 2. The highest BCUT2D eigenvalue weighted by Crippen LogP contribution is 2.41. The van der Waals surface area contributed by atoms with Crippen molar-refractivity contribution < 1.29 is 14.3 Å². The van der Waals surface area contributed by atoms with Crippen molar-refractivity contribution in [3.05, 3.63) is 11.6 Å². The Morgan fingerprint density at radius 1 is 1.43 bits per heavy atom. The van der Waals surface area contributed by atoms with Gasteiger partial charge in [0.2, 0.25) is 11.8 Å². The summed E-state index contributed by atoms with van der Waals surface area (Å²) in [6.45, 7) is 6.45. The first-order chi connectivity index (χ1) is 10.9. The van der Waals surface area contributed by atoms with Crippen LogP contribution in [0, 0.1) is 12.8 Å². The number of morpholine rings is 1. The number of aromatic nitrogens is 3. The summed E-state index contributed by atoms with van der Waals surface area (Å²) in [4.78, 5) is 30.6. The highest BCUT2D eigenvalue weighted by Gasteiger charge is 2.50. The van der Waals surface area contributed by atoms with Crippen LogP contribution in [-0.2, 0) is 14.3 Å². The fourth-order valence-corrected chi connectivity index (χ4v) is 3.18. The minimum Gasteiger partial charge on any atom is -0.366 e. The molecule has 2 amide bonds. The molecule has 3 rings (SSSR count). The quantitative estimate of drug-likeness (QED) is 0.832. The Kier molecular flexibility index (Phi) is 4.09. The first-order valence-electron chi connectivity index (χ1n) is 7.99. The molecule has 2 fully saturated rings. The van der Waals surface area contributed by atoms with E-state index in [1.807, 2.05) is 13.8 Å². The van der Waals surface area contributed by atoms with Crippen molar-refractivity contribution in [2.45, 2.75) is 45.3 Å². The molecule has 2 unspecified atom stereocenters. The normalized spacial score (nSPS) is 24.1. The van der Waals surface area contributed by atoms with Gasteiger partial charge in [-0.05, 0) is 32.6 Å². The molecule has 0 aromatic carbocycles. The molecule has 1 aromatic rings. The van der Waals surface area contributed by atoms with Gasteiger partial charge < -0.3 is 15.0 Å². The van der Waals surface area contributed by atoms with Crippen LogP contribution in [0.25, 0.3) is 0 Å². The summed E-state index contributed by atoms with van der Waals surface area (Å²) in [6, 6.07) is 0. The van der Waals surface area contributed by atoms with Crippen LogP contribution in [0.5, 0.6) is 0 Å². The van der Waals surface area contributed by atoms with Gasteiger partial charge >= 0.3 is 0 Å². The summed E-state index contributed by atoms with van der Waals surface area (Å²) in [6.07, 6.45) is 1.60. The summed E-state index contributed by atoms with van der Waals surface area (Å²) >= 11 is 0. The highest BCUT2D eigenvalue weighted by atomic mass is 16.5. The molecular formula is C15H23N5O3. The van der Waals surface area contributed by atoms with Crippen LogP contribution in [-0.4, -0.2) is 57.1 Å².